The highest BCUT2D eigenvalue weighted by atomic mass is 16.5. The molecule has 2 saturated heterocycles. The van der Waals surface area contributed by atoms with Crippen LogP contribution in [0.25, 0.3) is 0 Å². The molecule has 0 atom stereocenters. The van der Waals surface area contributed by atoms with Crippen LogP contribution in [0.5, 0.6) is 0 Å². The molecule has 0 saturated carbocycles. The van der Waals surface area contributed by atoms with Crippen molar-refractivity contribution in [1.82, 2.24) is 10.4 Å². The van der Waals surface area contributed by atoms with Crippen molar-refractivity contribution in [3.63, 3.8) is 0 Å². The number of piperidine rings is 1. The number of hydrogen-bond acceptors (Lipinski definition) is 3. The normalized spacial score (nSPS) is 24.0. The molecule has 0 aromatic rings. The lowest BCUT2D eigenvalue weighted by molar-refractivity contribution is 0.0629. The van der Waals surface area contributed by atoms with Gasteiger partial charge in [0.05, 0.1) is 0 Å². The molecule has 0 aromatic heterocycles. The van der Waals surface area contributed by atoms with E-state index >= 15 is 0 Å². The molecule has 17 heavy (non-hydrogen) atoms. The van der Waals surface area contributed by atoms with E-state index in [1.165, 1.54) is 71.0 Å². The Bertz CT molecular complexity index is 167. The second-order valence-corrected chi connectivity index (χ2v) is 5.51. The van der Waals surface area contributed by atoms with Gasteiger partial charge in [0.2, 0.25) is 0 Å². The summed E-state index contributed by atoms with van der Waals surface area (Å²) in [5, 5.41) is 2.41. The zero-order chi connectivity index (χ0) is 11.8. The van der Waals surface area contributed by atoms with Gasteiger partial charge in [0.15, 0.2) is 0 Å². The summed E-state index contributed by atoms with van der Waals surface area (Å²) in [5.41, 5.74) is 3.57. The Balaban J connectivity index is 1.42. The number of nitrogens with one attached hydrogen (secondary N) is 1. The molecule has 2 rings (SSSR count). The average Bonchev–Trinajstić information content (AvgIpc) is 2.41. The Morgan fingerprint density at radius 3 is 2.53 bits per heavy atom. The summed E-state index contributed by atoms with van der Waals surface area (Å²) in [6.45, 7) is 5.66. The summed E-state index contributed by atoms with van der Waals surface area (Å²) >= 11 is 0. The average molecular weight is 240 g/mol. The van der Waals surface area contributed by atoms with E-state index < -0.39 is 0 Å². The van der Waals surface area contributed by atoms with E-state index in [9.17, 15) is 0 Å². The minimum Gasteiger partial charge on any atom is -0.381 e. The van der Waals surface area contributed by atoms with Crippen molar-refractivity contribution in [2.45, 2.75) is 51.4 Å². The lowest BCUT2D eigenvalue weighted by Gasteiger charge is -2.27. The molecule has 0 aromatic carbocycles. The number of ether oxygens (including phenoxy) is 1. The van der Waals surface area contributed by atoms with Crippen LogP contribution in [0.2, 0.25) is 0 Å². The van der Waals surface area contributed by atoms with Gasteiger partial charge in [-0.05, 0) is 38.0 Å². The lowest BCUT2D eigenvalue weighted by atomic mass is 9.94. The van der Waals surface area contributed by atoms with Crippen molar-refractivity contribution in [2.75, 3.05) is 32.8 Å². The van der Waals surface area contributed by atoms with Crippen LogP contribution in [0.4, 0.5) is 0 Å². The van der Waals surface area contributed by atoms with Gasteiger partial charge in [0.25, 0.3) is 0 Å². The molecular formula is C14H28N2O. The third kappa shape index (κ3) is 5.36. The van der Waals surface area contributed by atoms with Crippen LogP contribution in [0.15, 0.2) is 0 Å². The molecule has 3 heteroatoms. The van der Waals surface area contributed by atoms with E-state index in [1.807, 2.05) is 0 Å². The highest BCUT2D eigenvalue weighted by molar-refractivity contribution is 4.64. The van der Waals surface area contributed by atoms with Gasteiger partial charge in [-0.1, -0.05) is 19.3 Å². The summed E-state index contributed by atoms with van der Waals surface area (Å²) in [6.07, 6.45) is 10.9. The number of rotatable bonds is 6. The van der Waals surface area contributed by atoms with Gasteiger partial charge >= 0.3 is 0 Å². The van der Waals surface area contributed by atoms with Crippen LogP contribution in [0.3, 0.4) is 0 Å². The van der Waals surface area contributed by atoms with E-state index in [1.54, 1.807) is 0 Å². The van der Waals surface area contributed by atoms with Crippen molar-refractivity contribution in [2.24, 2.45) is 5.92 Å². The van der Waals surface area contributed by atoms with E-state index in [0.717, 1.165) is 19.1 Å². The minimum atomic E-state index is 0.943. The predicted octanol–water partition coefficient (Wildman–Crippen LogP) is 2.57. The first-order valence-electron chi connectivity index (χ1n) is 7.51. The van der Waals surface area contributed by atoms with Crippen LogP contribution in [-0.4, -0.2) is 37.9 Å². The molecule has 1 N–H and O–H groups in total. The molecule has 0 bridgehead atoms. The van der Waals surface area contributed by atoms with E-state index in [4.69, 9.17) is 4.74 Å². The number of hydrazine groups is 1. The van der Waals surface area contributed by atoms with Gasteiger partial charge in [-0.15, -0.1) is 0 Å². The van der Waals surface area contributed by atoms with Crippen LogP contribution in [0, 0.1) is 5.92 Å². The van der Waals surface area contributed by atoms with Crippen LogP contribution in [-0.2, 0) is 4.74 Å². The van der Waals surface area contributed by atoms with Crippen LogP contribution >= 0.6 is 0 Å². The molecule has 2 aliphatic heterocycles. The largest absolute Gasteiger partial charge is 0.381 e. The molecule has 0 spiro atoms. The molecule has 0 unspecified atom stereocenters. The number of nitrogens with zero attached hydrogens (tertiary/aromatic N) is 1. The van der Waals surface area contributed by atoms with Gasteiger partial charge in [-0.2, -0.15) is 0 Å². The molecule has 0 aliphatic carbocycles. The monoisotopic (exact) mass is 240 g/mol. The molecule has 2 fully saturated rings. The van der Waals surface area contributed by atoms with Crippen molar-refractivity contribution in [1.29, 1.82) is 0 Å². The molecule has 3 nitrogen and oxygen atoms in total. The van der Waals surface area contributed by atoms with Crippen molar-refractivity contribution in [3.05, 3.63) is 0 Å². The summed E-state index contributed by atoms with van der Waals surface area (Å²) in [7, 11) is 0. The fourth-order valence-electron chi connectivity index (χ4n) is 2.88. The van der Waals surface area contributed by atoms with Gasteiger partial charge in [-0.25, -0.2) is 5.01 Å². The van der Waals surface area contributed by atoms with Crippen LogP contribution in [0.1, 0.15) is 51.4 Å². The Hall–Kier alpha value is -0.120. The maximum Gasteiger partial charge on any atom is 0.0468 e. The SMILES string of the molecule is C1CCN(NCCCCC2CCOCC2)CC1. The molecule has 100 valence electrons. The molecule has 2 heterocycles. The van der Waals surface area contributed by atoms with Crippen LogP contribution < -0.4 is 5.43 Å². The first-order chi connectivity index (χ1) is 8.45. The molecule has 0 amide bonds. The maximum atomic E-state index is 5.39. The third-order valence-electron chi connectivity index (χ3n) is 4.07. The summed E-state index contributed by atoms with van der Waals surface area (Å²) in [6, 6.07) is 0. The highest BCUT2D eigenvalue weighted by Crippen LogP contribution is 2.20. The Labute approximate surface area is 106 Å². The van der Waals surface area contributed by atoms with E-state index in [-0.39, 0.29) is 0 Å². The van der Waals surface area contributed by atoms with Gasteiger partial charge < -0.3 is 4.74 Å². The second-order valence-electron chi connectivity index (χ2n) is 5.51. The molecule has 0 radical (unpaired) electrons. The van der Waals surface area contributed by atoms with E-state index in [2.05, 4.69) is 10.4 Å². The Morgan fingerprint density at radius 1 is 1.00 bits per heavy atom. The van der Waals surface area contributed by atoms with Gasteiger partial charge in [-0.3, -0.25) is 5.43 Å². The number of hydrogen-bond donors (Lipinski definition) is 1. The Morgan fingerprint density at radius 2 is 1.76 bits per heavy atom. The second kappa shape index (κ2) is 8.06. The summed E-state index contributed by atoms with van der Waals surface area (Å²) < 4.78 is 5.39. The zero-order valence-corrected chi connectivity index (χ0v) is 11.1. The first-order valence-corrected chi connectivity index (χ1v) is 7.51. The van der Waals surface area contributed by atoms with Crippen molar-refractivity contribution < 1.29 is 4.74 Å². The quantitative estimate of drug-likeness (QED) is 0.722. The fourth-order valence-corrected chi connectivity index (χ4v) is 2.88. The fraction of sp³-hybridized carbons (Fsp3) is 1.00. The standard InChI is InChI=1S/C14H28N2O/c1-4-10-16(11-5-1)15-9-3-2-6-14-7-12-17-13-8-14/h14-15H,1-13H2. The van der Waals surface area contributed by atoms with Gasteiger partial charge in [0.1, 0.15) is 0 Å². The highest BCUT2D eigenvalue weighted by Gasteiger charge is 2.13. The minimum absolute atomic E-state index is 0.943. The van der Waals surface area contributed by atoms with Gasteiger partial charge in [0, 0.05) is 32.8 Å². The van der Waals surface area contributed by atoms with Crippen molar-refractivity contribution >= 4 is 0 Å². The molecular weight excluding hydrogens is 212 g/mol. The first kappa shape index (κ1) is 13.3. The summed E-state index contributed by atoms with van der Waals surface area (Å²) in [5.74, 6) is 0.943. The molecule has 2 aliphatic rings. The maximum absolute atomic E-state index is 5.39. The van der Waals surface area contributed by atoms with Crippen molar-refractivity contribution in [3.8, 4) is 0 Å². The third-order valence-corrected chi connectivity index (χ3v) is 4.07. The summed E-state index contributed by atoms with van der Waals surface area (Å²) in [4.78, 5) is 0. The predicted molar refractivity (Wildman–Crippen MR) is 70.8 cm³/mol. The Kier molecular flexibility index (Phi) is 6.32. The lowest BCUT2D eigenvalue weighted by Crippen LogP contribution is -2.42. The van der Waals surface area contributed by atoms with E-state index in [0.29, 0.717) is 0 Å². The zero-order valence-electron chi connectivity index (χ0n) is 11.1. The number of unbranched alkanes of at least 4 members (excludes halogenated alkanes) is 1. The topological polar surface area (TPSA) is 24.5 Å². The smallest absolute Gasteiger partial charge is 0.0468 e.